The molecule has 68 valence electrons. The number of aromatic nitrogens is 2. The molecule has 0 amide bonds. The smallest absolute Gasteiger partial charge is 0.103 e. The van der Waals surface area contributed by atoms with Crippen LogP contribution in [0.15, 0.2) is 6.20 Å². The van der Waals surface area contributed by atoms with Crippen molar-refractivity contribution in [2.45, 2.75) is 39.2 Å². The highest BCUT2D eigenvalue weighted by Gasteiger charge is 2.41. The van der Waals surface area contributed by atoms with Crippen LogP contribution in [-0.4, -0.2) is 9.97 Å². The van der Waals surface area contributed by atoms with Crippen LogP contribution in [0, 0.1) is 6.92 Å². The summed E-state index contributed by atoms with van der Waals surface area (Å²) in [4.78, 5) is 7.23. The van der Waals surface area contributed by atoms with Gasteiger partial charge >= 0.3 is 0 Å². The van der Waals surface area contributed by atoms with Crippen molar-refractivity contribution in [1.29, 1.82) is 0 Å². The van der Waals surface area contributed by atoms with E-state index in [2.05, 4.69) is 9.97 Å². The van der Waals surface area contributed by atoms with Crippen LogP contribution < -0.4 is 5.73 Å². The first-order chi connectivity index (χ1) is 5.71. The predicted octanol–water partition coefficient (Wildman–Crippen LogP) is 1.69. The number of aryl methyl sites for hydroxylation is 1. The number of H-pyrrole nitrogens is 1. The lowest BCUT2D eigenvalue weighted by atomic mass is 10.2. The van der Waals surface area contributed by atoms with Gasteiger partial charge in [0.25, 0.3) is 0 Å². The summed E-state index contributed by atoms with van der Waals surface area (Å²) >= 11 is 0. The minimum Gasteiger partial charge on any atom is -0.345 e. The molecule has 0 radical (unpaired) electrons. The third-order valence-corrected chi connectivity index (χ3v) is 2.03. The molecule has 0 spiro atoms. The van der Waals surface area contributed by atoms with Crippen LogP contribution in [0.1, 0.15) is 38.2 Å². The van der Waals surface area contributed by atoms with E-state index in [-0.39, 0.29) is 5.54 Å². The highest BCUT2D eigenvalue weighted by Crippen LogP contribution is 2.41. The zero-order chi connectivity index (χ0) is 9.19. The third-order valence-electron chi connectivity index (χ3n) is 2.03. The summed E-state index contributed by atoms with van der Waals surface area (Å²) in [7, 11) is 0. The minimum absolute atomic E-state index is 0.0543. The van der Waals surface area contributed by atoms with Crippen molar-refractivity contribution >= 4 is 0 Å². The van der Waals surface area contributed by atoms with Gasteiger partial charge in [0, 0.05) is 0 Å². The Balaban J connectivity index is 0.000000336. The van der Waals surface area contributed by atoms with Gasteiger partial charge < -0.3 is 10.7 Å². The monoisotopic (exact) mass is 167 g/mol. The lowest BCUT2D eigenvalue weighted by Gasteiger charge is -2.02. The molecule has 1 aliphatic rings. The maximum absolute atomic E-state index is 5.91. The lowest BCUT2D eigenvalue weighted by Crippen LogP contribution is -2.18. The first-order valence-electron chi connectivity index (χ1n) is 4.52. The number of nitrogens with two attached hydrogens (primary N) is 1. The molecule has 2 rings (SSSR count). The Morgan fingerprint density at radius 3 is 2.42 bits per heavy atom. The Morgan fingerprint density at radius 2 is 2.08 bits per heavy atom. The number of nitrogens with one attached hydrogen (secondary N) is 1. The number of nitrogens with zero attached hydrogens (tertiary/aromatic N) is 1. The fraction of sp³-hybridized carbons (Fsp3) is 0.667. The Labute approximate surface area is 73.4 Å². The molecular formula is C9H17N3. The standard InChI is InChI=1S/C7H11N3.C2H6/c1-5-9-4-6(10-5)7(8)2-3-7;1-2/h4H,2-3,8H2,1H3,(H,9,10);1-2H3. The summed E-state index contributed by atoms with van der Waals surface area (Å²) in [6.45, 7) is 5.94. The van der Waals surface area contributed by atoms with E-state index in [4.69, 9.17) is 5.73 Å². The van der Waals surface area contributed by atoms with E-state index >= 15 is 0 Å². The molecule has 0 unspecified atom stereocenters. The molecule has 0 aromatic carbocycles. The van der Waals surface area contributed by atoms with Crippen molar-refractivity contribution in [3.05, 3.63) is 17.7 Å². The molecule has 3 heteroatoms. The third kappa shape index (κ3) is 1.67. The topological polar surface area (TPSA) is 54.7 Å². The van der Waals surface area contributed by atoms with Gasteiger partial charge in [-0.3, -0.25) is 0 Å². The molecule has 1 aromatic rings. The molecule has 0 bridgehead atoms. The molecule has 3 N–H and O–H groups in total. The van der Waals surface area contributed by atoms with Gasteiger partial charge in [0.1, 0.15) is 5.82 Å². The molecule has 1 fully saturated rings. The SMILES string of the molecule is CC.Cc1ncc(C2(N)CC2)[nH]1. The summed E-state index contributed by atoms with van der Waals surface area (Å²) < 4.78 is 0. The van der Waals surface area contributed by atoms with Crippen LogP contribution in [0.5, 0.6) is 0 Å². The summed E-state index contributed by atoms with van der Waals surface area (Å²) in [5.41, 5.74) is 6.94. The summed E-state index contributed by atoms with van der Waals surface area (Å²) in [5, 5.41) is 0. The Kier molecular flexibility index (Phi) is 2.52. The average Bonchev–Trinajstić information content (AvgIpc) is 2.66. The fourth-order valence-electron chi connectivity index (χ4n) is 1.08. The molecule has 0 atom stereocenters. The van der Waals surface area contributed by atoms with Crippen LogP contribution in [0.25, 0.3) is 0 Å². The van der Waals surface area contributed by atoms with Gasteiger partial charge in [-0.1, -0.05) is 13.8 Å². The van der Waals surface area contributed by atoms with Gasteiger partial charge in [-0.25, -0.2) is 4.98 Å². The van der Waals surface area contributed by atoms with E-state index in [1.807, 2.05) is 27.0 Å². The van der Waals surface area contributed by atoms with Gasteiger partial charge in [-0.05, 0) is 19.8 Å². The molecule has 1 heterocycles. The summed E-state index contributed by atoms with van der Waals surface area (Å²) in [6, 6.07) is 0. The van der Waals surface area contributed by atoms with Crippen molar-refractivity contribution in [2.75, 3.05) is 0 Å². The second-order valence-electron chi connectivity index (χ2n) is 3.04. The molecular weight excluding hydrogens is 150 g/mol. The maximum Gasteiger partial charge on any atom is 0.103 e. The number of hydrogen-bond acceptors (Lipinski definition) is 2. The molecule has 3 nitrogen and oxygen atoms in total. The summed E-state index contributed by atoms with van der Waals surface area (Å²) in [5.74, 6) is 0.951. The summed E-state index contributed by atoms with van der Waals surface area (Å²) in [6.07, 6.45) is 4.02. The largest absolute Gasteiger partial charge is 0.345 e. The number of aromatic amines is 1. The van der Waals surface area contributed by atoms with E-state index in [1.165, 1.54) is 0 Å². The fourth-order valence-corrected chi connectivity index (χ4v) is 1.08. The van der Waals surface area contributed by atoms with E-state index < -0.39 is 0 Å². The van der Waals surface area contributed by atoms with E-state index in [9.17, 15) is 0 Å². The minimum atomic E-state index is -0.0543. The van der Waals surface area contributed by atoms with Gasteiger partial charge in [-0.2, -0.15) is 0 Å². The van der Waals surface area contributed by atoms with Crippen LogP contribution in [0.2, 0.25) is 0 Å². The zero-order valence-electron chi connectivity index (χ0n) is 8.02. The lowest BCUT2D eigenvalue weighted by molar-refractivity contribution is 0.712. The Bertz CT molecular complexity index is 248. The molecule has 1 aromatic heterocycles. The van der Waals surface area contributed by atoms with E-state index in [0.29, 0.717) is 0 Å². The van der Waals surface area contributed by atoms with Crippen molar-refractivity contribution in [2.24, 2.45) is 5.73 Å². The van der Waals surface area contributed by atoms with Gasteiger partial charge in [0.2, 0.25) is 0 Å². The van der Waals surface area contributed by atoms with Crippen LogP contribution in [-0.2, 0) is 5.54 Å². The van der Waals surface area contributed by atoms with Crippen LogP contribution in [0.3, 0.4) is 0 Å². The highest BCUT2D eigenvalue weighted by atomic mass is 15.0. The van der Waals surface area contributed by atoms with E-state index in [0.717, 1.165) is 24.4 Å². The number of hydrogen-bond donors (Lipinski definition) is 2. The first-order valence-corrected chi connectivity index (χ1v) is 4.52. The quantitative estimate of drug-likeness (QED) is 0.668. The second kappa shape index (κ2) is 3.27. The van der Waals surface area contributed by atoms with Crippen LogP contribution >= 0.6 is 0 Å². The Hall–Kier alpha value is -0.830. The zero-order valence-corrected chi connectivity index (χ0v) is 8.02. The molecule has 0 aliphatic heterocycles. The normalized spacial score (nSPS) is 18.0. The van der Waals surface area contributed by atoms with Crippen LogP contribution in [0.4, 0.5) is 0 Å². The number of imidazole rings is 1. The van der Waals surface area contributed by atoms with Crippen molar-refractivity contribution in [3.63, 3.8) is 0 Å². The highest BCUT2D eigenvalue weighted by molar-refractivity contribution is 5.20. The number of rotatable bonds is 1. The van der Waals surface area contributed by atoms with Crippen molar-refractivity contribution in [3.8, 4) is 0 Å². The van der Waals surface area contributed by atoms with Gasteiger partial charge in [0.05, 0.1) is 17.4 Å². The van der Waals surface area contributed by atoms with Gasteiger partial charge in [0.15, 0.2) is 0 Å². The predicted molar refractivity (Wildman–Crippen MR) is 49.8 cm³/mol. The maximum atomic E-state index is 5.91. The average molecular weight is 167 g/mol. The molecule has 12 heavy (non-hydrogen) atoms. The first kappa shape index (κ1) is 9.26. The van der Waals surface area contributed by atoms with E-state index in [1.54, 1.807) is 0 Å². The Morgan fingerprint density at radius 1 is 1.50 bits per heavy atom. The van der Waals surface area contributed by atoms with Gasteiger partial charge in [-0.15, -0.1) is 0 Å². The van der Waals surface area contributed by atoms with Crippen molar-refractivity contribution < 1.29 is 0 Å². The molecule has 0 saturated heterocycles. The molecule has 1 saturated carbocycles. The molecule has 1 aliphatic carbocycles. The second-order valence-corrected chi connectivity index (χ2v) is 3.04. The van der Waals surface area contributed by atoms with Crippen molar-refractivity contribution in [1.82, 2.24) is 9.97 Å².